The van der Waals surface area contributed by atoms with Crippen LogP contribution in [-0.2, 0) is 24.1 Å². The molecule has 112 valence electrons. The van der Waals surface area contributed by atoms with Gasteiger partial charge in [0.05, 0.1) is 12.1 Å². The standard InChI is InChI=1S/C15H15BrN2OS.ClH/c16-11-7-5-10(6-8-11)9-14(19)18-15-17-12-3-1-2-4-13(12)20-15;/h5-8H,1-4,9H2,(H,17,18,19);1H. The Morgan fingerprint density at radius 3 is 2.67 bits per heavy atom. The number of hydrogen-bond acceptors (Lipinski definition) is 3. The number of aromatic nitrogens is 1. The molecule has 0 fully saturated rings. The first-order valence-electron chi connectivity index (χ1n) is 6.73. The topological polar surface area (TPSA) is 42.0 Å². The molecule has 0 saturated carbocycles. The molecule has 0 aliphatic heterocycles. The maximum atomic E-state index is 12.0. The summed E-state index contributed by atoms with van der Waals surface area (Å²) in [5, 5.41) is 3.67. The van der Waals surface area contributed by atoms with E-state index in [9.17, 15) is 4.79 Å². The molecule has 3 rings (SSSR count). The zero-order valence-electron chi connectivity index (χ0n) is 11.4. The number of nitrogens with one attached hydrogen (secondary N) is 1. The van der Waals surface area contributed by atoms with Gasteiger partial charge in [-0.1, -0.05) is 28.1 Å². The second-order valence-electron chi connectivity index (χ2n) is 4.95. The number of hydrogen-bond donors (Lipinski definition) is 1. The van der Waals surface area contributed by atoms with Gasteiger partial charge >= 0.3 is 0 Å². The van der Waals surface area contributed by atoms with Gasteiger partial charge in [-0.25, -0.2) is 4.98 Å². The molecular weight excluding hydrogens is 372 g/mol. The molecule has 1 N–H and O–H groups in total. The largest absolute Gasteiger partial charge is 0.302 e. The van der Waals surface area contributed by atoms with E-state index in [0.717, 1.165) is 28.0 Å². The Kier molecular flexibility index (Phi) is 5.79. The highest BCUT2D eigenvalue weighted by molar-refractivity contribution is 9.10. The van der Waals surface area contributed by atoms with Crippen LogP contribution in [0.2, 0.25) is 0 Å². The van der Waals surface area contributed by atoms with Gasteiger partial charge in [0.25, 0.3) is 0 Å². The summed E-state index contributed by atoms with van der Waals surface area (Å²) in [7, 11) is 0. The summed E-state index contributed by atoms with van der Waals surface area (Å²) < 4.78 is 1.02. The molecule has 3 nitrogen and oxygen atoms in total. The van der Waals surface area contributed by atoms with Gasteiger partial charge in [0, 0.05) is 9.35 Å². The second-order valence-corrected chi connectivity index (χ2v) is 6.95. The van der Waals surface area contributed by atoms with Crippen molar-refractivity contribution in [2.75, 3.05) is 5.32 Å². The Hall–Kier alpha value is -0.910. The number of rotatable bonds is 3. The molecule has 0 saturated heterocycles. The third-order valence-electron chi connectivity index (χ3n) is 3.37. The van der Waals surface area contributed by atoms with Crippen LogP contribution in [0.25, 0.3) is 0 Å². The van der Waals surface area contributed by atoms with Crippen molar-refractivity contribution in [2.24, 2.45) is 0 Å². The summed E-state index contributed by atoms with van der Waals surface area (Å²) in [5.41, 5.74) is 2.19. The van der Waals surface area contributed by atoms with E-state index >= 15 is 0 Å². The zero-order valence-corrected chi connectivity index (χ0v) is 14.6. The van der Waals surface area contributed by atoms with Crippen molar-refractivity contribution in [3.05, 3.63) is 44.9 Å². The number of anilines is 1. The Labute approximate surface area is 142 Å². The van der Waals surface area contributed by atoms with E-state index in [2.05, 4.69) is 26.2 Å². The van der Waals surface area contributed by atoms with Crippen LogP contribution in [0.3, 0.4) is 0 Å². The highest BCUT2D eigenvalue weighted by atomic mass is 79.9. The highest BCUT2D eigenvalue weighted by Gasteiger charge is 2.16. The van der Waals surface area contributed by atoms with Crippen molar-refractivity contribution in [2.45, 2.75) is 32.1 Å². The SMILES string of the molecule is Cl.O=C(Cc1ccc(Br)cc1)Nc1nc2c(s1)CCCC2. The summed E-state index contributed by atoms with van der Waals surface area (Å²) in [6.07, 6.45) is 4.99. The fourth-order valence-corrected chi connectivity index (χ4v) is 3.69. The van der Waals surface area contributed by atoms with E-state index in [0.29, 0.717) is 6.42 Å². The van der Waals surface area contributed by atoms with Crippen molar-refractivity contribution >= 4 is 50.7 Å². The van der Waals surface area contributed by atoms with E-state index in [-0.39, 0.29) is 18.3 Å². The monoisotopic (exact) mass is 386 g/mol. The molecule has 6 heteroatoms. The minimum absolute atomic E-state index is 0. The predicted molar refractivity (Wildman–Crippen MR) is 92.5 cm³/mol. The van der Waals surface area contributed by atoms with E-state index in [1.807, 2.05) is 24.3 Å². The Morgan fingerprint density at radius 1 is 1.24 bits per heavy atom. The van der Waals surface area contributed by atoms with Crippen LogP contribution in [0.4, 0.5) is 5.13 Å². The average Bonchev–Trinajstić information content (AvgIpc) is 2.83. The lowest BCUT2D eigenvalue weighted by Gasteiger charge is -2.06. The van der Waals surface area contributed by atoms with Crippen molar-refractivity contribution < 1.29 is 4.79 Å². The number of thiazole rings is 1. The summed E-state index contributed by atoms with van der Waals surface area (Å²) in [6.45, 7) is 0. The van der Waals surface area contributed by atoms with Gasteiger partial charge in [-0.15, -0.1) is 23.7 Å². The summed E-state index contributed by atoms with van der Waals surface area (Å²) in [4.78, 5) is 17.9. The Morgan fingerprint density at radius 2 is 1.95 bits per heavy atom. The summed E-state index contributed by atoms with van der Waals surface area (Å²) in [6, 6.07) is 7.81. The maximum absolute atomic E-state index is 12.0. The van der Waals surface area contributed by atoms with Crippen LogP contribution in [0.15, 0.2) is 28.7 Å². The molecule has 0 radical (unpaired) electrons. The van der Waals surface area contributed by atoms with E-state index in [1.165, 1.54) is 23.4 Å². The number of nitrogens with zero attached hydrogens (tertiary/aromatic N) is 1. The number of carbonyl (C=O) groups excluding carboxylic acids is 1. The third-order valence-corrected chi connectivity index (χ3v) is 4.97. The normalized spacial score (nSPS) is 13.2. The van der Waals surface area contributed by atoms with E-state index in [1.54, 1.807) is 11.3 Å². The number of carbonyl (C=O) groups is 1. The first kappa shape index (κ1) is 16.5. The minimum atomic E-state index is -0.00146. The first-order chi connectivity index (χ1) is 9.70. The molecule has 21 heavy (non-hydrogen) atoms. The minimum Gasteiger partial charge on any atom is -0.302 e. The number of benzene rings is 1. The molecular formula is C15H16BrClN2OS. The Balaban J connectivity index is 0.00000161. The average molecular weight is 388 g/mol. The van der Waals surface area contributed by atoms with Crippen LogP contribution in [0, 0.1) is 0 Å². The fraction of sp³-hybridized carbons (Fsp3) is 0.333. The quantitative estimate of drug-likeness (QED) is 0.849. The molecule has 0 bridgehead atoms. The van der Waals surface area contributed by atoms with Gasteiger partial charge in [0.2, 0.25) is 5.91 Å². The van der Waals surface area contributed by atoms with Gasteiger partial charge in [-0.05, 0) is 43.4 Å². The predicted octanol–water partition coefficient (Wildman–Crippen LogP) is 4.39. The van der Waals surface area contributed by atoms with Crippen LogP contribution in [0.1, 0.15) is 29.0 Å². The highest BCUT2D eigenvalue weighted by Crippen LogP contribution is 2.29. The van der Waals surface area contributed by atoms with Crippen LogP contribution < -0.4 is 5.32 Å². The molecule has 1 aromatic carbocycles. The molecule has 1 amide bonds. The number of amides is 1. The van der Waals surface area contributed by atoms with Gasteiger partial charge < -0.3 is 5.32 Å². The summed E-state index contributed by atoms with van der Waals surface area (Å²) in [5.74, 6) is -0.00146. The molecule has 0 atom stereocenters. The van der Waals surface area contributed by atoms with Crippen LogP contribution in [0.5, 0.6) is 0 Å². The van der Waals surface area contributed by atoms with Gasteiger partial charge in [-0.2, -0.15) is 0 Å². The van der Waals surface area contributed by atoms with Crippen molar-refractivity contribution in [3.8, 4) is 0 Å². The van der Waals surface area contributed by atoms with Gasteiger partial charge in [-0.3, -0.25) is 4.79 Å². The second kappa shape index (κ2) is 7.38. The molecule has 0 spiro atoms. The first-order valence-corrected chi connectivity index (χ1v) is 8.34. The molecule has 1 aromatic heterocycles. The smallest absolute Gasteiger partial charge is 0.230 e. The van der Waals surface area contributed by atoms with Gasteiger partial charge in [0.15, 0.2) is 5.13 Å². The number of fused-ring (bicyclic) bond motifs is 1. The molecule has 1 heterocycles. The van der Waals surface area contributed by atoms with Gasteiger partial charge in [0.1, 0.15) is 0 Å². The zero-order chi connectivity index (χ0) is 13.9. The molecule has 0 unspecified atom stereocenters. The summed E-state index contributed by atoms with van der Waals surface area (Å²) >= 11 is 5.02. The van der Waals surface area contributed by atoms with Crippen molar-refractivity contribution in [1.82, 2.24) is 4.98 Å². The fourth-order valence-electron chi connectivity index (χ4n) is 2.36. The third kappa shape index (κ3) is 4.28. The maximum Gasteiger partial charge on any atom is 0.230 e. The number of aryl methyl sites for hydroxylation is 2. The number of halogens is 2. The van der Waals surface area contributed by atoms with Crippen molar-refractivity contribution in [1.29, 1.82) is 0 Å². The Bertz CT molecular complexity index is 604. The molecule has 2 aromatic rings. The molecule has 1 aliphatic carbocycles. The molecule has 1 aliphatic rings. The van der Waals surface area contributed by atoms with Crippen LogP contribution >= 0.6 is 39.7 Å². The lowest BCUT2D eigenvalue weighted by atomic mass is 10.0. The van der Waals surface area contributed by atoms with E-state index in [4.69, 9.17) is 0 Å². The lowest BCUT2D eigenvalue weighted by molar-refractivity contribution is -0.115. The lowest BCUT2D eigenvalue weighted by Crippen LogP contribution is -2.14. The van der Waals surface area contributed by atoms with E-state index < -0.39 is 0 Å². The van der Waals surface area contributed by atoms with Crippen LogP contribution in [-0.4, -0.2) is 10.9 Å². The van der Waals surface area contributed by atoms with Crippen molar-refractivity contribution in [3.63, 3.8) is 0 Å².